The van der Waals surface area contributed by atoms with E-state index in [2.05, 4.69) is 0 Å². The first-order valence-corrected chi connectivity index (χ1v) is 23.1. The molecule has 0 saturated carbocycles. The van der Waals surface area contributed by atoms with E-state index in [-0.39, 0.29) is 22.6 Å². The zero-order valence-electron chi connectivity index (χ0n) is 39.0. The van der Waals surface area contributed by atoms with Crippen LogP contribution in [0, 0.1) is 0 Å². The predicted octanol–water partition coefficient (Wildman–Crippen LogP) is -2.75. The van der Waals surface area contributed by atoms with Crippen molar-refractivity contribution in [3.63, 3.8) is 0 Å². The zero-order chi connectivity index (χ0) is 53.4. The molecule has 26 nitrogen and oxygen atoms in total. The Morgan fingerprint density at radius 1 is 0.595 bits per heavy atom. The van der Waals surface area contributed by atoms with Crippen molar-refractivity contribution in [2.24, 2.45) is 0 Å². The van der Waals surface area contributed by atoms with E-state index in [1.165, 1.54) is 68.5 Å². The van der Waals surface area contributed by atoms with Crippen LogP contribution in [0.4, 0.5) is 0 Å². The number of rotatable bonds is 14. The van der Waals surface area contributed by atoms with E-state index in [1.807, 2.05) is 0 Å². The monoisotopic (exact) mass is 1050 g/mol. The highest BCUT2D eigenvalue weighted by atomic mass is 16.8. The topological polar surface area (TPSA) is 414 Å². The molecule has 8 rings (SSSR count). The molecule has 4 saturated heterocycles. The molecular formula is C48H56O26. The number of aliphatic hydroxyl groups excluding tert-OH is 10. The molecule has 4 fully saturated rings. The lowest BCUT2D eigenvalue weighted by Gasteiger charge is -2.47. The first kappa shape index (κ1) is 54.7. The number of fused-ring (bicyclic) bond motifs is 1. The largest absolute Gasteiger partial charge is 0.508 e. The number of hydrogen-bond acceptors (Lipinski definition) is 26. The van der Waals surface area contributed by atoms with Crippen LogP contribution >= 0.6 is 0 Å². The molecule has 0 amide bonds. The van der Waals surface area contributed by atoms with Crippen molar-refractivity contribution < 1.29 is 123 Å². The van der Waals surface area contributed by atoms with Gasteiger partial charge in [0, 0.05) is 23.8 Å². The molecule has 0 bridgehead atoms. The number of benzene rings is 3. The van der Waals surface area contributed by atoms with Crippen molar-refractivity contribution in [1.82, 2.24) is 0 Å². The minimum absolute atomic E-state index is 0.0336. The van der Waals surface area contributed by atoms with Crippen LogP contribution in [0.2, 0.25) is 0 Å². The van der Waals surface area contributed by atoms with Gasteiger partial charge in [0.1, 0.15) is 107 Å². The molecule has 404 valence electrons. The Bertz CT molecular complexity index is 2640. The molecule has 20 atom stereocenters. The fraction of sp³-hybridized carbons (Fsp3) is 0.500. The smallest absolute Gasteiger partial charge is 0.331 e. The molecule has 26 heteroatoms. The predicted molar refractivity (Wildman–Crippen MR) is 243 cm³/mol. The van der Waals surface area contributed by atoms with Gasteiger partial charge in [-0.05, 0) is 61.9 Å². The van der Waals surface area contributed by atoms with Gasteiger partial charge in [-0.25, -0.2) is 4.79 Å². The number of aromatic hydroxyl groups is 4. The maximum atomic E-state index is 14.4. The van der Waals surface area contributed by atoms with Crippen LogP contribution in [0.25, 0.3) is 28.4 Å². The minimum Gasteiger partial charge on any atom is -0.508 e. The van der Waals surface area contributed by atoms with Gasteiger partial charge in [0.25, 0.3) is 0 Å². The highest BCUT2D eigenvalue weighted by molar-refractivity contribution is 5.88. The van der Waals surface area contributed by atoms with Crippen LogP contribution in [0.3, 0.4) is 0 Å². The Labute approximate surface area is 418 Å². The average Bonchev–Trinajstić information content (AvgIpc) is 3.36. The number of phenols is 4. The summed E-state index contributed by atoms with van der Waals surface area (Å²) in [6.07, 6.45) is -33.8. The third kappa shape index (κ3) is 11.3. The summed E-state index contributed by atoms with van der Waals surface area (Å²) >= 11 is 0. The van der Waals surface area contributed by atoms with Crippen LogP contribution in [0.15, 0.2) is 76.0 Å². The lowest BCUT2D eigenvalue weighted by atomic mass is 9.96. The number of hydrogen-bond donors (Lipinski definition) is 14. The van der Waals surface area contributed by atoms with Crippen molar-refractivity contribution in [1.29, 1.82) is 0 Å². The summed E-state index contributed by atoms with van der Waals surface area (Å²) in [5.74, 6) is -3.63. The fourth-order valence-electron chi connectivity index (χ4n) is 8.75. The maximum absolute atomic E-state index is 14.4. The number of aliphatic hydroxyl groups is 10. The Kier molecular flexibility index (Phi) is 16.8. The van der Waals surface area contributed by atoms with Gasteiger partial charge >= 0.3 is 5.97 Å². The third-order valence-electron chi connectivity index (χ3n) is 12.9. The van der Waals surface area contributed by atoms with Crippen molar-refractivity contribution in [2.75, 3.05) is 13.2 Å². The van der Waals surface area contributed by atoms with Crippen LogP contribution in [-0.4, -0.2) is 213 Å². The number of esters is 1. The highest BCUT2D eigenvalue weighted by Crippen LogP contribution is 2.39. The molecule has 74 heavy (non-hydrogen) atoms. The molecule has 4 aliphatic rings. The number of phenolic OH excluding ortho intramolecular Hbond substituents is 4. The Morgan fingerprint density at radius 3 is 1.84 bits per heavy atom. The SMILES string of the molecule is CC1O[C@@H](OC2[C@H](Oc3c(-c4ccc(O)cc4)oc4cc(O)cc(O)c4c3=O)OC(CO[C@@H]3OC(C)[C@H](OC(=O)/C=C/c4ccc(O)cc4)C(O[C@@H]4OC(CO)[C@@H](O)[C@H](O)C4O)[C@@H]3O)[C@@H](O)[C@@H]2O)[C@@H](O)C(O)[C@H]1O. The second kappa shape index (κ2) is 22.7. The Morgan fingerprint density at radius 2 is 1.18 bits per heavy atom. The van der Waals surface area contributed by atoms with Crippen LogP contribution in [0.1, 0.15) is 19.4 Å². The van der Waals surface area contributed by atoms with Gasteiger partial charge in [-0.2, -0.15) is 0 Å². The first-order valence-electron chi connectivity index (χ1n) is 23.1. The Hall–Kier alpha value is -5.60. The van der Waals surface area contributed by atoms with Gasteiger partial charge in [0.15, 0.2) is 36.8 Å². The molecule has 0 spiro atoms. The molecule has 1 aromatic heterocycles. The molecule has 0 aliphatic carbocycles. The lowest BCUT2D eigenvalue weighted by Crippen LogP contribution is -2.66. The van der Waals surface area contributed by atoms with Gasteiger partial charge in [-0.15, -0.1) is 0 Å². The van der Waals surface area contributed by atoms with Gasteiger partial charge in [0.05, 0.1) is 25.4 Å². The molecule has 5 heterocycles. The van der Waals surface area contributed by atoms with Crippen molar-refractivity contribution >= 4 is 23.0 Å². The standard InChI is InChI=1S/C48H56O26/c1-17-30(55)34(59)37(62)46(66-17)74-44-36(61)32(57)27(70-48(44)73-42-33(58)29-24(53)13-23(52)14-25(29)68-41(42)20-6-10-22(51)11-7-20)16-65-45-39(64)43(72-47-38(63)35(60)31(56)26(15-49)69-47)40(18(2)67-45)71-28(54)12-5-19-3-8-21(50)9-4-19/h3-14,17-18,26-27,30-32,34-40,43-53,55-57,59-64H,15-16H2,1-2H3/b12-5+/t17?,18?,26?,27?,30-,31+,32+,34?,35-,36-,37-,38?,39-,40-,43?,44?,45+,46-,47-,48-/m0/s1. The van der Waals surface area contributed by atoms with E-state index in [0.717, 1.165) is 18.2 Å². The lowest BCUT2D eigenvalue weighted by molar-refractivity contribution is -0.368. The summed E-state index contributed by atoms with van der Waals surface area (Å²) in [5, 5.41) is 149. The van der Waals surface area contributed by atoms with E-state index in [1.54, 1.807) is 0 Å². The van der Waals surface area contributed by atoms with Crippen LogP contribution in [0.5, 0.6) is 28.7 Å². The van der Waals surface area contributed by atoms with E-state index in [0.29, 0.717) is 5.56 Å². The molecule has 14 N–H and O–H groups in total. The average molecular weight is 1050 g/mol. The third-order valence-corrected chi connectivity index (χ3v) is 12.9. The number of carbonyl (C=O) groups excluding carboxylic acids is 1. The quantitative estimate of drug-likeness (QED) is 0.0450. The number of ether oxygens (including phenoxy) is 9. The molecule has 0 radical (unpaired) electrons. The summed E-state index contributed by atoms with van der Waals surface area (Å²) in [5.41, 5.74) is -0.877. The maximum Gasteiger partial charge on any atom is 0.331 e. The van der Waals surface area contributed by atoms with Gasteiger partial charge in [-0.3, -0.25) is 4.79 Å². The second-order valence-electron chi connectivity index (χ2n) is 18.1. The van der Waals surface area contributed by atoms with E-state index >= 15 is 0 Å². The zero-order valence-corrected chi connectivity index (χ0v) is 39.0. The van der Waals surface area contributed by atoms with Crippen molar-refractivity contribution in [3.05, 3.63) is 82.5 Å². The second-order valence-corrected chi connectivity index (χ2v) is 18.1. The molecule has 4 aromatic rings. The molecule has 3 aromatic carbocycles. The summed E-state index contributed by atoms with van der Waals surface area (Å²) in [7, 11) is 0. The normalized spacial score (nSPS) is 36.7. The summed E-state index contributed by atoms with van der Waals surface area (Å²) in [6, 6.07) is 12.7. The molecule has 4 aliphatic heterocycles. The van der Waals surface area contributed by atoms with Gasteiger partial charge < -0.3 is 119 Å². The minimum atomic E-state index is -2.15. The highest BCUT2D eigenvalue weighted by Gasteiger charge is 2.54. The summed E-state index contributed by atoms with van der Waals surface area (Å²) in [6.45, 7) is 0.992. The summed E-state index contributed by atoms with van der Waals surface area (Å²) < 4.78 is 58.7. The van der Waals surface area contributed by atoms with Gasteiger partial charge in [0.2, 0.25) is 17.5 Å². The van der Waals surface area contributed by atoms with Gasteiger partial charge in [-0.1, -0.05) is 12.1 Å². The van der Waals surface area contributed by atoms with E-state index in [4.69, 9.17) is 47.0 Å². The number of carbonyl (C=O) groups is 1. The molecule has 8 unspecified atom stereocenters. The van der Waals surface area contributed by atoms with Crippen LogP contribution < -0.4 is 10.2 Å². The first-order chi connectivity index (χ1) is 35.1. The fourth-order valence-corrected chi connectivity index (χ4v) is 8.75. The van der Waals surface area contributed by atoms with Crippen LogP contribution in [-0.2, 0) is 42.7 Å². The Balaban J connectivity index is 1.09. The van der Waals surface area contributed by atoms with Crippen molar-refractivity contribution in [3.8, 4) is 40.1 Å². The van der Waals surface area contributed by atoms with Crippen molar-refractivity contribution in [2.45, 2.75) is 137 Å². The molecular weight excluding hydrogens is 993 g/mol. The van der Waals surface area contributed by atoms with E-state index < -0.39 is 176 Å². The summed E-state index contributed by atoms with van der Waals surface area (Å²) in [4.78, 5) is 27.6. The van der Waals surface area contributed by atoms with E-state index in [9.17, 15) is 81.1 Å².